The molecule has 102 valence electrons. The molecule has 0 radical (unpaired) electrons. The molecule has 1 heterocycles. The molecule has 0 spiro atoms. The van der Waals surface area contributed by atoms with Crippen LogP contribution in [0, 0.1) is 5.82 Å². The van der Waals surface area contributed by atoms with Gasteiger partial charge in [0.15, 0.2) is 0 Å². The quantitative estimate of drug-likeness (QED) is 0.726. The van der Waals surface area contributed by atoms with E-state index < -0.39 is 0 Å². The van der Waals surface area contributed by atoms with E-state index in [4.69, 9.17) is 17.3 Å². The summed E-state index contributed by atoms with van der Waals surface area (Å²) in [5.74, 6) is 0.471. The summed E-state index contributed by atoms with van der Waals surface area (Å²) in [5, 5.41) is 0.361. The highest BCUT2D eigenvalue weighted by molar-refractivity contribution is 6.30. The monoisotopic (exact) mass is 289 g/mol. The van der Waals surface area contributed by atoms with Crippen LogP contribution in [0.3, 0.4) is 0 Å². The first-order valence-corrected chi connectivity index (χ1v) is 6.69. The Labute approximate surface area is 120 Å². The number of nitrogen functional groups attached to an aromatic ring is 1. The second kappa shape index (κ2) is 4.80. The van der Waals surface area contributed by atoms with Gasteiger partial charge in [0.1, 0.15) is 11.6 Å². The van der Waals surface area contributed by atoms with Gasteiger partial charge in [0.25, 0.3) is 0 Å². The summed E-state index contributed by atoms with van der Waals surface area (Å²) in [4.78, 5) is 4.55. The number of aromatic nitrogens is 2. The van der Waals surface area contributed by atoms with Gasteiger partial charge in [0, 0.05) is 17.1 Å². The zero-order valence-corrected chi connectivity index (χ0v) is 11.7. The maximum absolute atomic E-state index is 13.6. The van der Waals surface area contributed by atoms with E-state index in [0.29, 0.717) is 16.4 Å². The molecule has 0 atom stereocenters. The second-order valence-corrected chi connectivity index (χ2v) is 5.03. The number of hydrogen-bond acceptors (Lipinski definition) is 2. The highest BCUT2D eigenvalue weighted by atomic mass is 35.5. The third kappa shape index (κ3) is 2.12. The van der Waals surface area contributed by atoms with Crippen LogP contribution < -0.4 is 5.73 Å². The molecule has 0 aliphatic carbocycles. The minimum Gasteiger partial charge on any atom is -0.399 e. The van der Waals surface area contributed by atoms with Crippen LogP contribution in [0.25, 0.3) is 16.7 Å². The maximum atomic E-state index is 13.6. The number of anilines is 1. The normalized spacial score (nSPS) is 11.2. The van der Waals surface area contributed by atoms with Gasteiger partial charge in [-0.25, -0.2) is 9.37 Å². The summed E-state index contributed by atoms with van der Waals surface area (Å²) in [5.41, 5.74) is 8.78. The van der Waals surface area contributed by atoms with E-state index in [1.165, 1.54) is 12.1 Å². The smallest absolute Gasteiger partial charge is 0.126 e. The summed E-state index contributed by atoms with van der Waals surface area (Å²) in [6.07, 6.45) is 0.725. The number of nitrogens with zero attached hydrogens (tertiary/aromatic N) is 2. The van der Waals surface area contributed by atoms with E-state index in [-0.39, 0.29) is 5.82 Å². The highest BCUT2D eigenvalue weighted by Crippen LogP contribution is 2.26. The first-order chi connectivity index (χ1) is 9.58. The Bertz CT molecular complexity index is 775. The number of benzene rings is 2. The molecular formula is C15H13ClFN3. The largest absolute Gasteiger partial charge is 0.399 e. The molecule has 2 N–H and O–H groups in total. The molecule has 5 heteroatoms. The molecule has 2 aromatic carbocycles. The molecule has 0 fully saturated rings. The van der Waals surface area contributed by atoms with E-state index >= 15 is 0 Å². The Hall–Kier alpha value is -2.07. The molecule has 0 unspecified atom stereocenters. The lowest BCUT2D eigenvalue weighted by atomic mass is 10.2. The van der Waals surface area contributed by atoms with Crippen LogP contribution in [0.5, 0.6) is 0 Å². The number of aryl methyl sites for hydroxylation is 1. The lowest BCUT2D eigenvalue weighted by Gasteiger charge is -2.09. The molecule has 0 amide bonds. The van der Waals surface area contributed by atoms with Crippen molar-refractivity contribution in [3.05, 3.63) is 53.1 Å². The zero-order valence-electron chi connectivity index (χ0n) is 10.9. The number of rotatable bonds is 2. The molecule has 0 aliphatic heterocycles. The summed E-state index contributed by atoms with van der Waals surface area (Å²) in [6, 6.07) is 9.96. The summed E-state index contributed by atoms with van der Waals surface area (Å²) in [6.45, 7) is 2.00. The molecule has 20 heavy (non-hydrogen) atoms. The SMILES string of the molecule is CCc1nc2cc(N)ccc2n1-c1cc(F)cc(Cl)c1. The maximum Gasteiger partial charge on any atom is 0.126 e. The van der Waals surface area contributed by atoms with Crippen molar-refractivity contribution < 1.29 is 4.39 Å². The molecule has 3 nitrogen and oxygen atoms in total. The zero-order chi connectivity index (χ0) is 14.3. The Balaban J connectivity index is 2.33. The summed E-state index contributed by atoms with van der Waals surface area (Å²) >= 11 is 5.95. The lowest BCUT2D eigenvalue weighted by Crippen LogP contribution is -2.00. The predicted octanol–water partition coefficient (Wildman–Crippen LogP) is 3.96. The number of halogens is 2. The Morgan fingerprint density at radius 2 is 2.05 bits per heavy atom. The Morgan fingerprint density at radius 1 is 1.25 bits per heavy atom. The van der Waals surface area contributed by atoms with Crippen molar-refractivity contribution in [1.29, 1.82) is 0 Å². The van der Waals surface area contributed by atoms with Gasteiger partial charge in [0.2, 0.25) is 0 Å². The van der Waals surface area contributed by atoms with Crippen molar-refractivity contribution in [2.45, 2.75) is 13.3 Å². The predicted molar refractivity (Wildman–Crippen MR) is 79.8 cm³/mol. The lowest BCUT2D eigenvalue weighted by molar-refractivity contribution is 0.626. The van der Waals surface area contributed by atoms with Crippen molar-refractivity contribution in [2.24, 2.45) is 0 Å². The van der Waals surface area contributed by atoms with E-state index in [0.717, 1.165) is 23.3 Å². The second-order valence-electron chi connectivity index (χ2n) is 4.59. The average molecular weight is 290 g/mol. The van der Waals surface area contributed by atoms with Gasteiger partial charge in [0.05, 0.1) is 16.7 Å². The van der Waals surface area contributed by atoms with Crippen LogP contribution in [-0.4, -0.2) is 9.55 Å². The van der Waals surface area contributed by atoms with Crippen LogP contribution in [0.15, 0.2) is 36.4 Å². The molecule has 0 bridgehead atoms. The number of imidazole rings is 1. The van der Waals surface area contributed by atoms with E-state index in [9.17, 15) is 4.39 Å². The topological polar surface area (TPSA) is 43.8 Å². The standard InChI is InChI=1S/C15H13ClFN3/c1-2-15-19-13-8-11(18)3-4-14(13)20(15)12-6-9(16)5-10(17)7-12/h3-8H,2,18H2,1H3. The molecule has 1 aromatic heterocycles. The Kier molecular flexibility index (Phi) is 3.10. The summed E-state index contributed by atoms with van der Waals surface area (Å²) < 4.78 is 15.5. The van der Waals surface area contributed by atoms with E-state index in [1.54, 1.807) is 12.1 Å². The van der Waals surface area contributed by atoms with Gasteiger partial charge in [-0.05, 0) is 36.4 Å². The first-order valence-electron chi connectivity index (χ1n) is 6.32. The minimum absolute atomic E-state index is 0.361. The minimum atomic E-state index is -0.369. The molecule has 3 aromatic rings. The van der Waals surface area contributed by atoms with E-state index in [1.807, 2.05) is 23.6 Å². The third-order valence-electron chi connectivity index (χ3n) is 3.17. The van der Waals surface area contributed by atoms with Gasteiger partial charge in [-0.2, -0.15) is 0 Å². The van der Waals surface area contributed by atoms with Gasteiger partial charge in [-0.1, -0.05) is 18.5 Å². The molecular weight excluding hydrogens is 277 g/mol. The van der Waals surface area contributed by atoms with E-state index in [2.05, 4.69) is 4.98 Å². The fraction of sp³-hybridized carbons (Fsp3) is 0.133. The van der Waals surface area contributed by atoms with Crippen molar-refractivity contribution in [1.82, 2.24) is 9.55 Å². The van der Waals surface area contributed by atoms with Crippen LogP contribution in [0.2, 0.25) is 5.02 Å². The average Bonchev–Trinajstić information content (AvgIpc) is 2.74. The van der Waals surface area contributed by atoms with Crippen molar-refractivity contribution in [3.63, 3.8) is 0 Å². The van der Waals surface area contributed by atoms with Gasteiger partial charge in [-0.15, -0.1) is 0 Å². The van der Waals surface area contributed by atoms with Crippen molar-refractivity contribution in [2.75, 3.05) is 5.73 Å². The molecule has 0 saturated carbocycles. The highest BCUT2D eigenvalue weighted by Gasteiger charge is 2.12. The van der Waals surface area contributed by atoms with Gasteiger partial charge < -0.3 is 5.73 Å². The van der Waals surface area contributed by atoms with Gasteiger partial charge >= 0.3 is 0 Å². The van der Waals surface area contributed by atoms with Crippen LogP contribution in [0.1, 0.15) is 12.7 Å². The third-order valence-corrected chi connectivity index (χ3v) is 3.39. The molecule has 0 aliphatic rings. The number of hydrogen-bond donors (Lipinski definition) is 1. The van der Waals surface area contributed by atoms with Gasteiger partial charge in [-0.3, -0.25) is 4.57 Å². The van der Waals surface area contributed by atoms with Crippen LogP contribution in [0.4, 0.5) is 10.1 Å². The Morgan fingerprint density at radius 3 is 2.75 bits per heavy atom. The molecule has 3 rings (SSSR count). The van der Waals surface area contributed by atoms with Crippen LogP contribution in [-0.2, 0) is 6.42 Å². The first kappa shape index (κ1) is 12.9. The fourth-order valence-electron chi connectivity index (χ4n) is 2.34. The number of fused-ring (bicyclic) bond motifs is 1. The fourth-order valence-corrected chi connectivity index (χ4v) is 2.56. The van der Waals surface area contributed by atoms with Crippen molar-refractivity contribution in [3.8, 4) is 5.69 Å². The molecule has 0 saturated heterocycles. The number of nitrogens with two attached hydrogens (primary N) is 1. The summed E-state index contributed by atoms with van der Waals surface area (Å²) in [7, 11) is 0. The van der Waals surface area contributed by atoms with Crippen molar-refractivity contribution >= 4 is 28.3 Å². The van der Waals surface area contributed by atoms with Crippen LogP contribution >= 0.6 is 11.6 Å².